The van der Waals surface area contributed by atoms with Crippen molar-refractivity contribution in [3.63, 3.8) is 0 Å². The minimum atomic E-state index is 0.893. The molecule has 0 radical (unpaired) electrons. The first kappa shape index (κ1) is 25.0. The highest BCUT2D eigenvalue weighted by Crippen LogP contribution is 2.21. The van der Waals surface area contributed by atoms with Gasteiger partial charge in [-0.15, -0.1) is 0 Å². The zero-order chi connectivity index (χ0) is 18.8. The van der Waals surface area contributed by atoms with Crippen molar-refractivity contribution in [1.29, 1.82) is 0 Å². The molecule has 0 aliphatic carbocycles. The van der Waals surface area contributed by atoms with Crippen molar-refractivity contribution >= 4 is 0 Å². The van der Waals surface area contributed by atoms with Crippen LogP contribution in [0.3, 0.4) is 0 Å². The summed E-state index contributed by atoms with van der Waals surface area (Å²) in [5, 5.41) is 0. The van der Waals surface area contributed by atoms with Crippen molar-refractivity contribution in [1.82, 2.24) is 0 Å². The van der Waals surface area contributed by atoms with Gasteiger partial charge < -0.3 is 0 Å². The van der Waals surface area contributed by atoms with E-state index in [-0.39, 0.29) is 0 Å². The first-order valence-corrected chi connectivity index (χ1v) is 12.1. The Hall–Kier alpha value is 0. The van der Waals surface area contributed by atoms with Gasteiger partial charge in [0.05, 0.1) is 0 Å². The molecular formula is C25H52. The number of hydrogen-bond donors (Lipinski definition) is 0. The van der Waals surface area contributed by atoms with Crippen LogP contribution < -0.4 is 0 Å². The Kier molecular flexibility index (Phi) is 18.8. The quantitative estimate of drug-likeness (QED) is 0.203. The van der Waals surface area contributed by atoms with Gasteiger partial charge >= 0.3 is 0 Å². The molecule has 0 heterocycles. The van der Waals surface area contributed by atoms with E-state index in [0.717, 1.165) is 17.8 Å². The predicted molar refractivity (Wildman–Crippen MR) is 117 cm³/mol. The third-order valence-electron chi connectivity index (χ3n) is 5.92. The Morgan fingerprint density at radius 1 is 0.400 bits per heavy atom. The van der Waals surface area contributed by atoms with Crippen LogP contribution in [-0.4, -0.2) is 0 Å². The van der Waals surface area contributed by atoms with Gasteiger partial charge in [0.15, 0.2) is 0 Å². The van der Waals surface area contributed by atoms with E-state index in [1.807, 2.05) is 0 Å². The average molecular weight is 353 g/mol. The van der Waals surface area contributed by atoms with Crippen LogP contribution in [0, 0.1) is 17.8 Å². The highest BCUT2D eigenvalue weighted by molar-refractivity contribution is 4.58. The standard InChI is InChI=1S/C25H52/c1-6-7-8-14-19-24(4)21-16-12-17-22-25(5)20-15-11-9-10-13-18-23(2)3/h23-25H,6-22H2,1-5H3. The van der Waals surface area contributed by atoms with E-state index in [9.17, 15) is 0 Å². The van der Waals surface area contributed by atoms with Crippen molar-refractivity contribution < 1.29 is 0 Å². The predicted octanol–water partition coefficient (Wildman–Crippen LogP) is 9.57. The molecule has 0 aliphatic heterocycles. The summed E-state index contributed by atoms with van der Waals surface area (Å²) in [6, 6.07) is 0. The van der Waals surface area contributed by atoms with Gasteiger partial charge in [0, 0.05) is 0 Å². The molecule has 0 spiro atoms. The zero-order valence-electron chi connectivity index (χ0n) is 18.8. The molecule has 0 saturated heterocycles. The Morgan fingerprint density at radius 3 is 1.12 bits per heavy atom. The first-order valence-electron chi connectivity index (χ1n) is 12.1. The fourth-order valence-corrected chi connectivity index (χ4v) is 3.95. The van der Waals surface area contributed by atoms with Gasteiger partial charge in [0.25, 0.3) is 0 Å². The molecule has 0 amide bonds. The molecule has 0 fully saturated rings. The van der Waals surface area contributed by atoms with Gasteiger partial charge in [-0.05, 0) is 17.8 Å². The van der Waals surface area contributed by atoms with Crippen LogP contribution in [0.5, 0.6) is 0 Å². The number of rotatable bonds is 19. The van der Waals surface area contributed by atoms with Crippen molar-refractivity contribution in [3.05, 3.63) is 0 Å². The summed E-state index contributed by atoms with van der Waals surface area (Å²) in [7, 11) is 0. The third-order valence-corrected chi connectivity index (χ3v) is 5.92. The summed E-state index contributed by atoms with van der Waals surface area (Å²) in [6.07, 6.45) is 24.7. The molecule has 0 aromatic heterocycles. The summed E-state index contributed by atoms with van der Waals surface area (Å²) in [4.78, 5) is 0. The lowest BCUT2D eigenvalue weighted by Crippen LogP contribution is -1.97. The Labute approximate surface area is 161 Å². The molecule has 0 aliphatic rings. The summed E-state index contributed by atoms with van der Waals surface area (Å²) >= 11 is 0. The summed E-state index contributed by atoms with van der Waals surface area (Å²) < 4.78 is 0. The molecule has 2 atom stereocenters. The Morgan fingerprint density at radius 2 is 0.720 bits per heavy atom. The van der Waals surface area contributed by atoms with E-state index in [1.165, 1.54) is 109 Å². The molecular weight excluding hydrogens is 300 g/mol. The van der Waals surface area contributed by atoms with Crippen LogP contribution in [-0.2, 0) is 0 Å². The maximum atomic E-state index is 2.48. The van der Waals surface area contributed by atoms with Gasteiger partial charge in [-0.1, -0.05) is 144 Å². The minimum absolute atomic E-state index is 0.893. The van der Waals surface area contributed by atoms with Crippen molar-refractivity contribution in [2.45, 2.75) is 144 Å². The summed E-state index contributed by atoms with van der Waals surface area (Å²) in [6.45, 7) is 11.9. The second-order valence-corrected chi connectivity index (χ2v) is 9.44. The highest BCUT2D eigenvalue weighted by Gasteiger charge is 2.04. The van der Waals surface area contributed by atoms with E-state index >= 15 is 0 Å². The highest BCUT2D eigenvalue weighted by atomic mass is 14.1. The normalized spacial score (nSPS) is 14.2. The monoisotopic (exact) mass is 352 g/mol. The van der Waals surface area contributed by atoms with Gasteiger partial charge in [0.2, 0.25) is 0 Å². The van der Waals surface area contributed by atoms with E-state index in [2.05, 4.69) is 34.6 Å². The van der Waals surface area contributed by atoms with Crippen LogP contribution in [0.25, 0.3) is 0 Å². The van der Waals surface area contributed by atoms with Gasteiger partial charge in [-0.2, -0.15) is 0 Å². The average Bonchev–Trinajstić information content (AvgIpc) is 2.57. The molecule has 0 heteroatoms. The summed E-state index contributed by atoms with van der Waals surface area (Å²) in [5.74, 6) is 2.82. The largest absolute Gasteiger partial charge is 0.0654 e. The molecule has 0 aromatic rings. The SMILES string of the molecule is CCCCCCC(C)CCCCCC(C)CCCCCCCC(C)C. The lowest BCUT2D eigenvalue weighted by molar-refractivity contribution is 0.407. The maximum Gasteiger partial charge on any atom is -0.0443 e. The zero-order valence-corrected chi connectivity index (χ0v) is 18.8. The molecule has 152 valence electrons. The van der Waals surface area contributed by atoms with Gasteiger partial charge in [-0.3, -0.25) is 0 Å². The van der Waals surface area contributed by atoms with E-state index in [0.29, 0.717) is 0 Å². The van der Waals surface area contributed by atoms with Crippen LogP contribution in [0.15, 0.2) is 0 Å². The fraction of sp³-hybridized carbons (Fsp3) is 1.00. The molecule has 0 N–H and O–H groups in total. The molecule has 0 aromatic carbocycles. The Balaban J connectivity index is 3.28. The molecule has 0 saturated carbocycles. The molecule has 0 nitrogen and oxygen atoms in total. The molecule has 25 heavy (non-hydrogen) atoms. The van der Waals surface area contributed by atoms with Gasteiger partial charge in [0.1, 0.15) is 0 Å². The van der Waals surface area contributed by atoms with Crippen molar-refractivity contribution in [2.24, 2.45) is 17.8 Å². The number of unbranched alkanes of at least 4 members (excludes halogenated alkanes) is 9. The first-order chi connectivity index (χ1) is 12.1. The lowest BCUT2D eigenvalue weighted by atomic mass is 9.93. The van der Waals surface area contributed by atoms with Crippen LogP contribution in [0.4, 0.5) is 0 Å². The van der Waals surface area contributed by atoms with E-state index < -0.39 is 0 Å². The third kappa shape index (κ3) is 20.2. The molecule has 0 rings (SSSR count). The van der Waals surface area contributed by atoms with Crippen molar-refractivity contribution in [2.75, 3.05) is 0 Å². The minimum Gasteiger partial charge on any atom is -0.0654 e. The number of hydrogen-bond acceptors (Lipinski definition) is 0. The van der Waals surface area contributed by atoms with Crippen LogP contribution >= 0.6 is 0 Å². The van der Waals surface area contributed by atoms with Gasteiger partial charge in [-0.25, -0.2) is 0 Å². The summed E-state index contributed by atoms with van der Waals surface area (Å²) in [5.41, 5.74) is 0. The van der Waals surface area contributed by atoms with Crippen molar-refractivity contribution in [3.8, 4) is 0 Å². The van der Waals surface area contributed by atoms with E-state index in [4.69, 9.17) is 0 Å². The fourth-order valence-electron chi connectivity index (χ4n) is 3.95. The molecule has 2 unspecified atom stereocenters. The smallest absolute Gasteiger partial charge is 0.0443 e. The van der Waals surface area contributed by atoms with Crippen LogP contribution in [0.1, 0.15) is 144 Å². The molecule has 0 bridgehead atoms. The Bertz CT molecular complexity index is 242. The topological polar surface area (TPSA) is 0 Å². The van der Waals surface area contributed by atoms with Crippen LogP contribution in [0.2, 0.25) is 0 Å². The van der Waals surface area contributed by atoms with E-state index in [1.54, 1.807) is 0 Å². The lowest BCUT2D eigenvalue weighted by Gasteiger charge is -2.13. The maximum absolute atomic E-state index is 2.48. The second-order valence-electron chi connectivity index (χ2n) is 9.44. The second kappa shape index (κ2) is 18.8.